The van der Waals surface area contributed by atoms with Gasteiger partial charge in [-0.2, -0.15) is 5.10 Å². The molecule has 0 aromatic carbocycles. The molecule has 5 rings (SSSR count). The molecule has 2 N–H and O–H groups in total. The van der Waals surface area contributed by atoms with Crippen molar-refractivity contribution in [3.8, 4) is 0 Å². The van der Waals surface area contributed by atoms with Gasteiger partial charge < -0.3 is 10.6 Å². The number of nitrogens with one attached hydrogen (secondary N) is 2. The first kappa shape index (κ1) is 16.9. The Morgan fingerprint density at radius 2 is 2.30 bits per heavy atom. The molecular weight excluding hydrogens is 358 g/mol. The minimum atomic E-state index is -0.0371. The Kier molecular flexibility index (Phi) is 4.21. The van der Waals surface area contributed by atoms with Crippen LogP contribution in [0.2, 0.25) is 0 Å². The van der Waals surface area contributed by atoms with Crippen LogP contribution in [-0.2, 0) is 13.6 Å². The molecule has 3 aromatic rings. The molecule has 1 saturated carbocycles. The average molecular weight is 382 g/mol. The Balaban J connectivity index is 1.58. The van der Waals surface area contributed by atoms with Gasteiger partial charge in [-0.15, -0.1) is 11.3 Å². The van der Waals surface area contributed by atoms with Crippen molar-refractivity contribution in [1.82, 2.24) is 25.4 Å². The highest BCUT2D eigenvalue weighted by molar-refractivity contribution is 7.09. The van der Waals surface area contributed by atoms with Crippen molar-refractivity contribution < 1.29 is 4.79 Å². The second-order valence-electron chi connectivity index (χ2n) is 7.49. The van der Waals surface area contributed by atoms with Crippen LogP contribution < -0.4 is 10.6 Å². The zero-order valence-corrected chi connectivity index (χ0v) is 16.2. The summed E-state index contributed by atoms with van der Waals surface area (Å²) in [7, 11) is 1.93. The van der Waals surface area contributed by atoms with Crippen LogP contribution >= 0.6 is 11.3 Å². The highest BCUT2D eigenvalue weighted by Crippen LogP contribution is 2.41. The van der Waals surface area contributed by atoms with E-state index in [-0.39, 0.29) is 11.9 Å². The number of nitrogens with zero attached hydrogens (tertiary/aromatic N) is 3. The number of aromatic nitrogens is 3. The van der Waals surface area contributed by atoms with E-state index in [2.05, 4.69) is 10.6 Å². The Morgan fingerprint density at radius 3 is 3.00 bits per heavy atom. The summed E-state index contributed by atoms with van der Waals surface area (Å²) in [6.07, 6.45) is 4.50. The fraction of sp³-hybridized carbons (Fsp3) is 0.450. The summed E-state index contributed by atoms with van der Waals surface area (Å²) < 4.78 is 1.84. The third-order valence-corrected chi connectivity index (χ3v) is 6.35. The Labute approximate surface area is 162 Å². The number of hydrogen-bond donors (Lipinski definition) is 2. The molecule has 1 aliphatic heterocycles. The summed E-state index contributed by atoms with van der Waals surface area (Å²) in [5.41, 5.74) is 3.53. The molecule has 140 valence electrons. The summed E-state index contributed by atoms with van der Waals surface area (Å²) in [5.74, 6) is 0.450. The van der Waals surface area contributed by atoms with Crippen LogP contribution in [0.25, 0.3) is 11.0 Å². The lowest BCUT2D eigenvalue weighted by atomic mass is 10.0. The first-order valence-electron chi connectivity index (χ1n) is 9.62. The second kappa shape index (κ2) is 6.73. The molecule has 2 fully saturated rings. The topological polar surface area (TPSA) is 71.8 Å². The minimum absolute atomic E-state index is 0.0371. The van der Waals surface area contributed by atoms with Gasteiger partial charge in [0.05, 0.1) is 29.2 Å². The van der Waals surface area contributed by atoms with E-state index in [4.69, 9.17) is 10.1 Å². The lowest BCUT2D eigenvalue weighted by Gasteiger charge is -2.11. The van der Waals surface area contributed by atoms with Gasteiger partial charge in [0.2, 0.25) is 0 Å². The van der Waals surface area contributed by atoms with E-state index >= 15 is 0 Å². The molecule has 1 atom stereocenters. The van der Waals surface area contributed by atoms with E-state index in [9.17, 15) is 4.79 Å². The van der Waals surface area contributed by atoms with E-state index in [1.54, 1.807) is 11.3 Å². The van der Waals surface area contributed by atoms with Crippen molar-refractivity contribution in [2.75, 3.05) is 6.54 Å². The molecule has 7 heteroatoms. The van der Waals surface area contributed by atoms with Gasteiger partial charge in [-0.3, -0.25) is 9.48 Å². The molecule has 1 aliphatic carbocycles. The average Bonchev–Trinajstić information content (AvgIpc) is 3.08. The maximum absolute atomic E-state index is 13.1. The molecule has 6 nitrogen and oxygen atoms in total. The maximum atomic E-state index is 13.1. The molecule has 27 heavy (non-hydrogen) atoms. The highest BCUT2D eigenvalue weighted by Gasteiger charge is 2.31. The Morgan fingerprint density at radius 1 is 1.41 bits per heavy atom. The van der Waals surface area contributed by atoms with E-state index in [1.807, 2.05) is 35.3 Å². The van der Waals surface area contributed by atoms with Crippen LogP contribution in [0.5, 0.6) is 0 Å². The van der Waals surface area contributed by atoms with Crippen molar-refractivity contribution >= 4 is 28.3 Å². The van der Waals surface area contributed by atoms with E-state index in [1.165, 1.54) is 0 Å². The normalized spacial score (nSPS) is 19.7. The van der Waals surface area contributed by atoms with E-state index in [0.29, 0.717) is 12.5 Å². The Hall–Kier alpha value is -2.25. The summed E-state index contributed by atoms with van der Waals surface area (Å²) in [5, 5.41) is 14.3. The first-order chi connectivity index (χ1) is 13.2. The van der Waals surface area contributed by atoms with Crippen molar-refractivity contribution in [3.63, 3.8) is 0 Å². The monoisotopic (exact) mass is 381 g/mol. The van der Waals surface area contributed by atoms with Crippen LogP contribution in [0.1, 0.15) is 64.3 Å². The molecule has 4 heterocycles. The van der Waals surface area contributed by atoms with Gasteiger partial charge in [-0.25, -0.2) is 4.98 Å². The second-order valence-corrected chi connectivity index (χ2v) is 8.52. The van der Waals surface area contributed by atoms with Gasteiger partial charge in [0.15, 0.2) is 5.65 Å². The summed E-state index contributed by atoms with van der Waals surface area (Å²) in [4.78, 5) is 19.2. The molecule has 1 unspecified atom stereocenters. The maximum Gasteiger partial charge on any atom is 0.252 e. The quantitative estimate of drug-likeness (QED) is 0.712. The van der Waals surface area contributed by atoms with Crippen molar-refractivity contribution in [2.45, 2.75) is 44.2 Å². The SMILES string of the molecule is Cn1nc(C2CCCN2)c2c(C(=O)NCc3cccs3)cc(C3CC3)nc21. The highest BCUT2D eigenvalue weighted by atomic mass is 32.1. The molecule has 0 radical (unpaired) electrons. The van der Waals surface area contributed by atoms with E-state index in [0.717, 1.165) is 65.1 Å². The number of aryl methyl sites for hydroxylation is 1. The number of thiophene rings is 1. The van der Waals surface area contributed by atoms with Crippen LogP contribution in [0.3, 0.4) is 0 Å². The molecule has 1 amide bonds. The molecule has 2 aliphatic rings. The van der Waals surface area contributed by atoms with Crippen LogP contribution in [-0.4, -0.2) is 27.2 Å². The number of carbonyl (C=O) groups is 1. The third kappa shape index (κ3) is 3.15. The summed E-state index contributed by atoms with van der Waals surface area (Å²) in [6, 6.07) is 6.25. The summed E-state index contributed by atoms with van der Waals surface area (Å²) in [6.45, 7) is 1.55. The summed E-state index contributed by atoms with van der Waals surface area (Å²) >= 11 is 1.66. The van der Waals surface area contributed by atoms with Gasteiger partial charge >= 0.3 is 0 Å². The fourth-order valence-corrected chi connectivity index (χ4v) is 4.55. The van der Waals surface area contributed by atoms with E-state index < -0.39 is 0 Å². The van der Waals surface area contributed by atoms with Crippen molar-refractivity contribution in [3.05, 3.63) is 45.4 Å². The number of pyridine rings is 1. The molecule has 1 saturated heterocycles. The van der Waals surface area contributed by atoms with Gasteiger partial charge in [0.25, 0.3) is 5.91 Å². The largest absolute Gasteiger partial charge is 0.347 e. The fourth-order valence-electron chi connectivity index (χ4n) is 3.90. The molecule has 0 bridgehead atoms. The van der Waals surface area contributed by atoms with Gasteiger partial charge in [-0.05, 0) is 49.7 Å². The van der Waals surface area contributed by atoms with Crippen LogP contribution in [0.15, 0.2) is 23.6 Å². The smallest absolute Gasteiger partial charge is 0.252 e. The molecular formula is C20H23N5OS. The number of carbonyl (C=O) groups excluding carboxylic acids is 1. The third-order valence-electron chi connectivity index (χ3n) is 5.47. The van der Waals surface area contributed by atoms with Crippen molar-refractivity contribution in [2.24, 2.45) is 7.05 Å². The lowest BCUT2D eigenvalue weighted by molar-refractivity contribution is 0.0952. The van der Waals surface area contributed by atoms with Crippen molar-refractivity contribution in [1.29, 1.82) is 0 Å². The molecule has 0 spiro atoms. The van der Waals surface area contributed by atoms with Crippen LogP contribution in [0, 0.1) is 0 Å². The Bertz CT molecular complexity index is 984. The number of hydrogen-bond acceptors (Lipinski definition) is 5. The lowest BCUT2D eigenvalue weighted by Crippen LogP contribution is -2.23. The van der Waals surface area contributed by atoms with Gasteiger partial charge in [0.1, 0.15) is 0 Å². The predicted octanol–water partition coefficient (Wildman–Crippen LogP) is 3.26. The predicted molar refractivity (Wildman–Crippen MR) is 106 cm³/mol. The molecule has 3 aromatic heterocycles. The minimum Gasteiger partial charge on any atom is -0.347 e. The zero-order chi connectivity index (χ0) is 18.4. The number of amides is 1. The zero-order valence-electron chi connectivity index (χ0n) is 15.4. The van der Waals surface area contributed by atoms with Crippen LogP contribution in [0.4, 0.5) is 0 Å². The standard InChI is InChI=1S/C20H23N5OS/c1-25-19-17(18(24-25)15-5-2-8-21-15)14(10-16(23-19)12-6-7-12)20(26)22-11-13-4-3-9-27-13/h3-4,9-10,12,15,21H,2,5-8,11H2,1H3,(H,22,26). The number of rotatable bonds is 5. The number of fused-ring (bicyclic) bond motifs is 1. The van der Waals surface area contributed by atoms with Gasteiger partial charge in [0, 0.05) is 23.5 Å². The first-order valence-corrected chi connectivity index (χ1v) is 10.5. The van der Waals surface area contributed by atoms with Gasteiger partial charge in [-0.1, -0.05) is 6.07 Å².